The Kier molecular flexibility index (Phi) is 5.46. The molecule has 0 saturated carbocycles. The normalized spacial score (nSPS) is 11.4. The zero-order chi connectivity index (χ0) is 23.2. The van der Waals surface area contributed by atoms with Gasteiger partial charge in [0.05, 0.1) is 17.1 Å². The fourth-order valence-electron chi connectivity index (χ4n) is 3.48. The highest BCUT2D eigenvalue weighted by atomic mass is 32.1. The number of hydrogen-bond donors (Lipinski definition) is 2. The van der Waals surface area contributed by atoms with Crippen LogP contribution in [0.2, 0.25) is 0 Å². The summed E-state index contributed by atoms with van der Waals surface area (Å²) in [5.41, 5.74) is 7.53. The van der Waals surface area contributed by atoms with E-state index in [1.165, 1.54) is 10.7 Å². The number of fused-ring (bicyclic) bond motifs is 1. The van der Waals surface area contributed by atoms with E-state index >= 15 is 0 Å². The molecule has 0 aromatic carbocycles. The number of nitrogens with two attached hydrogens (primary N) is 1. The van der Waals surface area contributed by atoms with Gasteiger partial charge in [0.2, 0.25) is 5.91 Å². The van der Waals surface area contributed by atoms with Crippen LogP contribution in [0.3, 0.4) is 0 Å². The monoisotopic (exact) mass is 459 g/mol. The quantitative estimate of drug-likeness (QED) is 0.459. The lowest BCUT2D eigenvalue weighted by Gasteiger charge is -2.10. The van der Waals surface area contributed by atoms with Crippen LogP contribution in [0.25, 0.3) is 21.3 Å². The molecular formula is C20H19F2N7O2S. The first-order chi connectivity index (χ1) is 15.1. The Hall–Kier alpha value is -3.67. The van der Waals surface area contributed by atoms with E-state index in [9.17, 15) is 18.4 Å². The molecule has 166 valence electrons. The molecule has 4 rings (SSSR count). The number of nitrogens with zero attached hydrogens (tertiary/aromatic N) is 5. The van der Waals surface area contributed by atoms with Crippen LogP contribution in [-0.4, -0.2) is 36.4 Å². The van der Waals surface area contributed by atoms with Gasteiger partial charge in [-0.1, -0.05) is 0 Å². The van der Waals surface area contributed by atoms with Crippen molar-refractivity contribution in [2.75, 3.05) is 5.32 Å². The molecule has 4 heterocycles. The van der Waals surface area contributed by atoms with E-state index in [-0.39, 0.29) is 21.9 Å². The molecule has 0 spiro atoms. The van der Waals surface area contributed by atoms with Gasteiger partial charge in [0.25, 0.3) is 12.3 Å². The van der Waals surface area contributed by atoms with Gasteiger partial charge in [0, 0.05) is 30.4 Å². The highest BCUT2D eigenvalue weighted by Gasteiger charge is 2.26. The zero-order valence-electron chi connectivity index (χ0n) is 17.4. The number of carbonyl (C=O) groups excluding carboxylic acids is 2. The fourth-order valence-corrected chi connectivity index (χ4v) is 4.49. The molecule has 4 aromatic rings. The Morgan fingerprint density at radius 2 is 2.00 bits per heavy atom. The number of anilines is 1. The van der Waals surface area contributed by atoms with Gasteiger partial charge in [0.15, 0.2) is 0 Å². The van der Waals surface area contributed by atoms with Crippen molar-refractivity contribution in [1.82, 2.24) is 24.5 Å². The van der Waals surface area contributed by atoms with Crippen LogP contribution in [0.5, 0.6) is 0 Å². The second kappa shape index (κ2) is 8.11. The number of hydrogen-bond acceptors (Lipinski definition) is 6. The Balaban J connectivity index is 1.90. The maximum Gasteiger partial charge on any atom is 0.280 e. The van der Waals surface area contributed by atoms with Crippen molar-refractivity contribution in [3.63, 3.8) is 0 Å². The van der Waals surface area contributed by atoms with Crippen LogP contribution < -0.4 is 11.1 Å². The molecule has 0 fully saturated rings. The van der Waals surface area contributed by atoms with Gasteiger partial charge >= 0.3 is 0 Å². The molecular weight excluding hydrogens is 440 g/mol. The predicted octanol–water partition coefficient (Wildman–Crippen LogP) is 3.19. The number of alkyl halides is 2. The SMILES string of the molecule is Cc1ccn(CC(=O)Nc2c(C(N)=O)sc3nc(C(F)F)cc(-c4cn(C)nc4C)c23)n1. The number of pyridine rings is 1. The van der Waals surface area contributed by atoms with Crippen molar-refractivity contribution in [1.29, 1.82) is 0 Å². The van der Waals surface area contributed by atoms with E-state index in [4.69, 9.17) is 5.73 Å². The Morgan fingerprint density at radius 3 is 2.56 bits per heavy atom. The van der Waals surface area contributed by atoms with Crippen LogP contribution in [0.4, 0.5) is 14.5 Å². The molecule has 12 heteroatoms. The first-order valence-corrected chi connectivity index (χ1v) is 10.3. The average molecular weight is 459 g/mol. The first kappa shape index (κ1) is 21.6. The third kappa shape index (κ3) is 3.96. The summed E-state index contributed by atoms with van der Waals surface area (Å²) in [7, 11) is 1.71. The molecule has 2 amide bonds. The number of aryl methyl sites for hydroxylation is 3. The maximum atomic E-state index is 13.6. The van der Waals surface area contributed by atoms with Gasteiger partial charge < -0.3 is 11.1 Å². The molecule has 0 bridgehead atoms. The highest BCUT2D eigenvalue weighted by molar-refractivity contribution is 7.21. The minimum atomic E-state index is -2.82. The lowest BCUT2D eigenvalue weighted by atomic mass is 10.0. The van der Waals surface area contributed by atoms with Crippen molar-refractivity contribution in [2.24, 2.45) is 12.8 Å². The molecule has 0 saturated heterocycles. The summed E-state index contributed by atoms with van der Waals surface area (Å²) in [6.07, 6.45) is 0.505. The summed E-state index contributed by atoms with van der Waals surface area (Å²) in [5, 5.41) is 11.5. The molecule has 9 nitrogen and oxygen atoms in total. The van der Waals surface area contributed by atoms with E-state index in [0.29, 0.717) is 22.2 Å². The van der Waals surface area contributed by atoms with Crippen molar-refractivity contribution in [3.8, 4) is 11.1 Å². The number of primary amides is 1. The molecule has 3 N–H and O–H groups in total. The summed E-state index contributed by atoms with van der Waals surface area (Å²) in [4.78, 5) is 29.1. The minimum Gasteiger partial charge on any atom is -0.365 e. The average Bonchev–Trinajstić information content (AvgIpc) is 3.38. The molecule has 4 aromatic heterocycles. The Labute approximate surface area is 184 Å². The molecule has 0 unspecified atom stereocenters. The zero-order valence-corrected chi connectivity index (χ0v) is 18.2. The summed E-state index contributed by atoms with van der Waals surface area (Å²) < 4.78 is 30.1. The topological polar surface area (TPSA) is 121 Å². The number of thiophene rings is 1. The van der Waals surface area contributed by atoms with Gasteiger partial charge in [-0.2, -0.15) is 10.2 Å². The van der Waals surface area contributed by atoms with Gasteiger partial charge in [-0.15, -0.1) is 11.3 Å². The lowest BCUT2D eigenvalue weighted by Crippen LogP contribution is -2.21. The maximum absolute atomic E-state index is 13.6. The third-order valence-corrected chi connectivity index (χ3v) is 5.88. The van der Waals surface area contributed by atoms with Crippen LogP contribution in [0.1, 0.15) is 33.2 Å². The van der Waals surface area contributed by atoms with Crippen molar-refractivity contribution in [3.05, 3.63) is 46.5 Å². The van der Waals surface area contributed by atoms with Gasteiger partial charge in [-0.3, -0.25) is 19.0 Å². The fraction of sp³-hybridized carbons (Fsp3) is 0.250. The minimum absolute atomic E-state index is 0.0201. The van der Waals surface area contributed by atoms with Crippen molar-refractivity contribution < 1.29 is 18.4 Å². The lowest BCUT2D eigenvalue weighted by molar-refractivity contribution is -0.116. The second-order valence-corrected chi connectivity index (χ2v) is 8.25. The van der Waals surface area contributed by atoms with E-state index in [1.807, 2.05) is 0 Å². The smallest absolute Gasteiger partial charge is 0.280 e. The van der Waals surface area contributed by atoms with Crippen molar-refractivity contribution in [2.45, 2.75) is 26.8 Å². The van der Waals surface area contributed by atoms with E-state index in [0.717, 1.165) is 17.0 Å². The molecule has 0 radical (unpaired) electrons. The van der Waals surface area contributed by atoms with Gasteiger partial charge in [-0.25, -0.2) is 13.8 Å². The Morgan fingerprint density at radius 1 is 1.25 bits per heavy atom. The van der Waals surface area contributed by atoms with Crippen molar-refractivity contribution >= 4 is 39.1 Å². The number of rotatable bonds is 6. The number of carbonyl (C=O) groups is 2. The van der Waals surface area contributed by atoms with Crippen LogP contribution in [0.15, 0.2) is 24.5 Å². The van der Waals surface area contributed by atoms with E-state index in [1.54, 1.807) is 44.0 Å². The largest absolute Gasteiger partial charge is 0.365 e. The molecule has 0 aliphatic heterocycles. The van der Waals surface area contributed by atoms with Crippen LogP contribution in [0, 0.1) is 13.8 Å². The highest BCUT2D eigenvalue weighted by Crippen LogP contribution is 2.43. The molecule has 0 aliphatic carbocycles. The van der Waals surface area contributed by atoms with Gasteiger partial charge in [-0.05, 0) is 31.5 Å². The summed E-state index contributed by atoms with van der Waals surface area (Å²) in [5.74, 6) is -1.26. The number of nitrogens with one attached hydrogen (secondary N) is 1. The first-order valence-electron chi connectivity index (χ1n) is 9.50. The Bertz CT molecular complexity index is 1360. The van der Waals surface area contributed by atoms with Gasteiger partial charge in [0.1, 0.15) is 21.9 Å². The number of aromatic nitrogens is 5. The van der Waals surface area contributed by atoms with E-state index < -0.39 is 23.9 Å². The van der Waals surface area contributed by atoms with Crippen LogP contribution in [-0.2, 0) is 18.4 Å². The third-order valence-electron chi connectivity index (χ3n) is 4.78. The molecule has 32 heavy (non-hydrogen) atoms. The van der Waals surface area contributed by atoms with Crippen LogP contribution >= 0.6 is 11.3 Å². The number of halogens is 2. The van der Waals surface area contributed by atoms with E-state index in [2.05, 4.69) is 20.5 Å². The predicted molar refractivity (Wildman–Crippen MR) is 116 cm³/mol. The summed E-state index contributed by atoms with van der Waals surface area (Å²) in [6.45, 7) is 3.43. The number of amides is 2. The molecule has 0 aliphatic rings. The second-order valence-electron chi connectivity index (χ2n) is 7.25. The standard InChI is InChI=1S/C20H19F2N7O2S/c1-9-4-5-29(26-9)8-14(30)25-16-15-11(12-7-28(3)27-10(12)2)6-13(18(21)22)24-20(15)32-17(16)19(23)31/h4-7,18H,8H2,1-3H3,(H2,23,31)(H,25,30). The molecule has 0 atom stereocenters. The summed E-state index contributed by atoms with van der Waals surface area (Å²) >= 11 is 0.854. The summed E-state index contributed by atoms with van der Waals surface area (Å²) in [6, 6.07) is 3.00.